The minimum atomic E-state index is -4.68. The van der Waals surface area contributed by atoms with Crippen LogP contribution in [0.2, 0.25) is 10.0 Å². The van der Waals surface area contributed by atoms with Gasteiger partial charge in [0.05, 0.1) is 5.02 Å². The van der Waals surface area contributed by atoms with Gasteiger partial charge in [-0.15, -0.1) is 0 Å². The Hall–Kier alpha value is -0.680. The largest absolute Gasteiger partial charge is 0.432 e. The van der Waals surface area contributed by atoms with Crippen LogP contribution in [0.4, 0.5) is 13.2 Å². The first kappa shape index (κ1) is 10.4. The summed E-state index contributed by atoms with van der Waals surface area (Å²) in [6, 6.07) is 0.755. The van der Waals surface area contributed by atoms with Crippen molar-refractivity contribution in [3.05, 3.63) is 32.2 Å². The van der Waals surface area contributed by atoms with Crippen LogP contribution in [-0.4, -0.2) is 4.98 Å². The van der Waals surface area contributed by atoms with Gasteiger partial charge < -0.3 is 4.98 Å². The molecule has 0 aliphatic rings. The Balaban J connectivity index is 3.41. The number of hydrogen-bond donors (Lipinski definition) is 1. The number of halogens is 5. The lowest BCUT2D eigenvalue weighted by molar-refractivity contribution is -0.141. The average molecular weight is 232 g/mol. The molecule has 0 amide bonds. The molecule has 0 atom stereocenters. The highest BCUT2D eigenvalue weighted by Crippen LogP contribution is 2.32. The topological polar surface area (TPSA) is 32.9 Å². The van der Waals surface area contributed by atoms with E-state index in [0.29, 0.717) is 0 Å². The number of nitrogens with one attached hydrogen (secondary N) is 1. The zero-order chi connectivity index (χ0) is 10.2. The minimum Gasteiger partial charge on any atom is -0.316 e. The van der Waals surface area contributed by atoms with E-state index in [1.165, 1.54) is 4.98 Å². The quantitative estimate of drug-likeness (QED) is 0.732. The van der Waals surface area contributed by atoms with Gasteiger partial charge in [-0.05, 0) is 6.07 Å². The molecule has 7 heteroatoms. The molecule has 0 saturated heterocycles. The summed E-state index contributed by atoms with van der Waals surface area (Å²) in [5.74, 6) is 0. The minimum absolute atomic E-state index is 0.377. The molecule has 0 unspecified atom stereocenters. The summed E-state index contributed by atoms with van der Waals surface area (Å²) in [7, 11) is 0. The normalized spacial score (nSPS) is 11.8. The van der Waals surface area contributed by atoms with Crippen molar-refractivity contribution in [3.8, 4) is 0 Å². The van der Waals surface area contributed by atoms with Crippen molar-refractivity contribution < 1.29 is 13.2 Å². The summed E-state index contributed by atoms with van der Waals surface area (Å²) >= 11 is 10.5. The van der Waals surface area contributed by atoms with Gasteiger partial charge in [0.15, 0.2) is 0 Å². The van der Waals surface area contributed by atoms with Crippen molar-refractivity contribution >= 4 is 23.2 Å². The molecule has 0 saturated carbocycles. The fourth-order valence-corrected chi connectivity index (χ4v) is 1.16. The Kier molecular flexibility index (Phi) is 2.58. The van der Waals surface area contributed by atoms with Crippen LogP contribution in [-0.2, 0) is 6.18 Å². The van der Waals surface area contributed by atoms with E-state index in [1.54, 1.807) is 0 Å². The zero-order valence-corrected chi connectivity index (χ0v) is 7.39. The van der Waals surface area contributed by atoms with Crippen LogP contribution in [0.5, 0.6) is 0 Å². The molecule has 0 spiro atoms. The molecule has 1 aromatic rings. The summed E-state index contributed by atoms with van der Waals surface area (Å²) in [6.45, 7) is 0. The third-order valence-corrected chi connectivity index (χ3v) is 1.81. The van der Waals surface area contributed by atoms with Crippen LogP contribution in [0, 0.1) is 0 Å². The highest BCUT2D eigenvalue weighted by Gasteiger charge is 2.34. The molecule has 72 valence electrons. The summed E-state index contributed by atoms with van der Waals surface area (Å²) in [5, 5.41) is -1.00. The summed E-state index contributed by atoms with van der Waals surface area (Å²) in [4.78, 5) is 12.2. The van der Waals surface area contributed by atoms with Gasteiger partial charge in [0.25, 0.3) is 5.56 Å². The Morgan fingerprint density at radius 2 is 1.77 bits per heavy atom. The number of rotatable bonds is 0. The van der Waals surface area contributed by atoms with Gasteiger partial charge in [0, 0.05) is 0 Å². The number of aromatic nitrogens is 1. The molecule has 0 bridgehead atoms. The molecule has 1 aromatic heterocycles. The van der Waals surface area contributed by atoms with E-state index in [2.05, 4.69) is 0 Å². The Bertz CT molecular complexity index is 384. The van der Waals surface area contributed by atoms with Crippen LogP contribution in [0.25, 0.3) is 0 Å². The first-order valence-corrected chi connectivity index (χ1v) is 3.73. The standard InChI is InChI=1S/C6H2Cl2F3NO/c7-2-1-3(8)5(13)12-4(2)6(9,10)11/h1H,(H,12,13). The van der Waals surface area contributed by atoms with Crippen LogP contribution >= 0.6 is 23.2 Å². The lowest BCUT2D eigenvalue weighted by atomic mass is 10.3. The second kappa shape index (κ2) is 3.23. The number of alkyl halides is 3. The van der Waals surface area contributed by atoms with Crippen LogP contribution in [0.3, 0.4) is 0 Å². The average Bonchev–Trinajstić information content (AvgIpc) is 1.94. The highest BCUT2D eigenvalue weighted by atomic mass is 35.5. The molecule has 0 radical (unpaired) electrons. The SMILES string of the molecule is O=c1[nH]c(C(F)(F)F)c(Cl)cc1Cl. The van der Waals surface area contributed by atoms with Gasteiger partial charge in [-0.1, -0.05) is 23.2 Å². The van der Waals surface area contributed by atoms with Gasteiger partial charge >= 0.3 is 6.18 Å². The predicted molar refractivity (Wildman–Crippen MR) is 42.1 cm³/mol. The lowest BCUT2D eigenvalue weighted by Crippen LogP contribution is -2.17. The molecule has 13 heavy (non-hydrogen) atoms. The van der Waals surface area contributed by atoms with Crippen molar-refractivity contribution in [2.45, 2.75) is 6.18 Å². The monoisotopic (exact) mass is 231 g/mol. The Morgan fingerprint density at radius 1 is 1.23 bits per heavy atom. The third-order valence-electron chi connectivity index (χ3n) is 1.23. The Morgan fingerprint density at radius 3 is 2.23 bits per heavy atom. The van der Waals surface area contributed by atoms with Crippen molar-refractivity contribution in [2.75, 3.05) is 0 Å². The molecule has 1 N–H and O–H groups in total. The van der Waals surface area contributed by atoms with E-state index in [9.17, 15) is 18.0 Å². The molecule has 2 nitrogen and oxygen atoms in total. The second-order valence-corrected chi connectivity index (χ2v) is 2.98. The van der Waals surface area contributed by atoms with Crippen LogP contribution in [0.15, 0.2) is 10.9 Å². The van der Waals surface area contributed by atoms with Crippen LogP contribution < -0.4 is 5.56 Å². The van der Waals surface area contributed by atoms with E-state index in [1.807, 2.05) is 0 Å². The van der Waals surface area contributed by atoms with Gasteiger partial charge in [-0.2, -0.15) is 13.2 Å². The molecular formula is C6H2Cl2F3NO. The second-order valence-electron chi connectivity index (χ2n) is 2.17. The summed E-state index contributed by atoms with van der Waals surface area (Å²) in [5.41, 5.74) is -2.30. The van der Waals surface area contributed by atoms with Gasteiger partial charge in [0.2, 0.25) is 0 Å². The first-order valence-electron chi connectivity index (χ1n) is 2.98. The fraction of sp³-hybridized carbons (Fsp3) is 0.167. The van der Waals surface area contributed by atoms with Crippen molar-refractivity contribution in [1.82, 2.24) is 4.98 Å². The molecule has 0 aliphatic heterocycles. The Labute approximate surface area is 80.3 Å². The maximum Gasteiger partial charge on any atom is 0.432 e. The first-order chi connectivity index (χ1) is 5.82. The van der Waals surface area contributed by atoms with Gasteiger partial charge in [0.1, 0.15) is 10.7 Å². The molecule has 0 aliphatic carbocycles. The zero-order valence-electron chi connectivity index (χ0n) is 5.88. The van der Waals surface area contributed by atoms with Crippen molar-refractivity contribution in [1.29, 1.82) is 0 Å². The van der Waals surface area contributed by atoms with Crippen molar-refractivity contribution in [2.24, 2.45) is 0 Å². The number of pyridine rings is 1. The van der Waals surface area contributed by atoms with E-state index in [0.717, 1.165) is 6.07 Å². The van der Waals surface area contributed by atoms with Gasteiger partial charge in [-0.25, -0.2) is 0 Å². The highest BCUT2D eigenvalue weighted by molar-refractivity contribution is 6.34. The fourth-order valence-electron chi connectivity index (χ4n) is 0.688. The molecule has 1 heterocycles. The number of H-pyrrole nitrogens is 1. The van der Waals surface area contributed by atoms with E-state index in [4.69, 9.17) is 23.2 Å². The molecule has 0 aromatic carbocycles. The lowest BCUT2D eigenvalue weighted by Gasteiger charge is -2.07. The van der Waals surface area contributed by atoms with Crippen molar-refractivity contribution in [3.63, 3.8) is 0 Å². The third kappa shape index (κ3) is 2.16. The number of hydrogen-bond acceptors (Lipinski definition) is 1. The van der Waals surface area contributed by atoms with E-state index in [-0.39, 0.29) is 5.02 Å². The summed E-state index contributed by atoms with van der Waals surface area (Å²) < 4.78 is 36.2. The summed E-state index contributed by atoms with van der Waals surface area (Å²) in [6.07, 6.45) is -4.68. The van der Waals surface area contributed by atoms with Gasteiger partial charge in [-0.3, -0.25) is 4.79 Å². The molecule has 1 rings (SSSR count). The van der Waals surface area contributed by atoms with Crippen LogP contribution in [0.1, 0.15) is 5.69 Å². The smallest absolute Gasteiger partial charge is 0.316 e. The molecule has 0 fully saturated rings. The molecular weight excluding hydrogens is 230 g/mol. The maximum absolute atomic E-state index is 12.1. The van der Waals surface area contributed by atoms with E-state index >= 15 is 0 Å². The maximum atomic E-state index is 12.1. The predicted octanol–water partition coefficient (Wildman–Crippen LogP) is 2.70. The number of aromatic amines is 1. The van der Waals surface area contributed by atoms with E-state index < -0.39 is 22.5 Å².